The fraction of sp³-hybridized carbons (Fsp3) is 0.300. The fourth-order valence-corrected chi connectivity index (χ4v) is 1.83. The molecule has 3 nitrogen and oxygen atoms in total. The molecule has 5 heteroatoms. The third-order valence-corrected chi connectivity index (χ3v) is 2.57. The summed E-state index contributed by atoms with van der Waals surface area (Å²) >= 11 is 0. The van der Waals surface area contributed by atoms with E-state index in [2.05, 4.69) is 0 Å². The molecule has 0 aliphatic heterocycles. The zero-order valence-electron chi connectivity index (χ0n) is 7.58. The predicted octanol–water partition coefficient (Wildman–Crippen LogP) is 1.43. The van der Waals surface area contributed by atoms with Crippen LogP contribution in [0.4, 0.5) is 8.78 Å². The van der Waals surface area contributed by atoms with Gasteiger partial charge < -0.3 is 10.2 Å². The second-order valence-corrected chi connectivity index (χ2v) is 3.53. The summed E-state index contributed by atoms with van der Waals surface area (Å²) in [5, 5.41) is 18.6. The lowest BCUT2D eigenvalue weighted by Gasteiger charge is -2.14. The molecule has 0 fully saturated rings. The van der Waals surface area contributed by atoms with Gasteiger partial charge in [0.05, 0.1) is 5.56 Å². The van der Waals surface area contributed by atoms with Crippen molar-refractivity contribution in [2.45, 2.75) is 18.4 Å². The number of aromatic hydroxyl groups is 1. The summed E-state index contributed by atoms with van der Waals surface area (Å²) in [4.78, 5) is 10.6. The maximum absolute atomic E-state index is 13.1. The number of carbonyl (C=O) groups excluding carboxylic acids is 1. The average Bonchev–Trinajstić information content (AvgIpc) is 2.40. The van der Waals surface area contributed by atoms with Gasteiger partial charge in [-0.1, -0.05) is 6.07 Å². The fourth-order valence-electron chi connectivity index (χ4n) is 1.83. The van der Waals surface area contributed by atoms with Gasteiger partial charge in [-0.05, 0) is 11.6 Å². The molecule has 1 atom stereocenters. The van der Waals surface area contributed by atoms with Gasteiger partial charge in [0.15, 0.2) is 6.29 Å². The molecule has 1 aromatic rings. The van der Waals surface area contributed by atoms with Crippen LogP contribution >= 0.6 is 0 Å². The Morgan fingerprint density at radius 1 is 1.47 bits per heavy atom. The third kappa shape index (κ3) is 1.31. The quantitative estimate of drug-likeness (QED) is 0.695. The second kappa shape index (κ2) is 3.00. The summed E-state index contributed by atoms with van der Waals surface area (Å²) in [5.41, 5.74) is -0.209. The monoisotopic (exact) mass is 214 g/mol. The van der Waals surface area contributed by atoms with Crippen molar-refractivity contribution in [2.24, 2.45) is 0 Å². The Hall–Kier alpha value is -1.49. The van der Waals surface area contributed by atoms with E-state index in [-0.39, 0.29) is 28.7 Å². The van der Waals surface area contributed by atoms with Crippen LogP contribution in [0.3, 0.4) is 0 Å². The molecule has 1 aliphatic carbocycles. The molecule has 1 aliphatic rings. The van der Waals surface area contributed by atoms with Crippen LogP contribution in [-0.4, -0.2) is 22.4 Å². The number of hydrogen-bond donors (Lipinski definition) is 2. The van der Waals surface area contributed by atoms with Crippen molar-refractivity contribution in [3.05, 3.63) is 28.8 Å². The van der Waals surface area contributed by atoms with Gasteiger partial charge in [-0.25, -0.2) is 8.78 Å². The number of phenolic OH excluding ortho intramolecular Hbond substituents is 1. The Bertz CT molecular complexity index is 429. The van der Waals surface area contributed by atoms with E-state index in [1.165, 1.54) is 12.1 Å². The lowest BCUT2D eigenvalue weighted by atomic mass is 10.0. The molecule has 1 aromatic carbocycles. The van der Waals surface area contributed by atoms with E-state index in [1.807, 2.05) is 0 Å². The molecule has 0 heterocycles. The summed E-state index contributed by atoms with van der Waals surface area (Å²) in [6, 6.07) is 2.47. The highest BCUT2D eigenvalue weighted by Gasteiger charge is 2.48. The van der Waals surface area contributed by atoms with Gasteiger partial charge in [0.1, 0.15) is 11.9 Å². The van der Waals surface area contributed by atoms with Crippen LogP contribution in [0.2, 0.25) is 0 Å². The minimum Gasteiger partial charge on any atom is -0.507 e. The van der Waals surface area contributed by atoms with Gasteiger partial charge >= 0.3 is 0 Å². The first-order valence-electron chi connectivity index (χ1n) is 4.33. The van der Waals surface area contributed by atoms with E-state index in [0.29, 0.717) is 0 Å². The van der Waals surface area contributed by atoms with Crippen LogP contribution < -0.4 is 0 Å². The minimum atomic E-state index is -3.27. The average molecular weight is 214 g/mol. The highest BCUT2D eigenvalue weighted by Crippen LogP contribution is 2.45. The smallest absolute Gasteiger partial charge is 0.281 e. The lowest BCUT2D eigenvalue weighted by molar-refractivity contribution is -0.0969. The number of fused-ring (bicyclic) bond motifs is 1. The van der Waals surface area contributed by atoms with E-state index in [9.17, 15) is 23.8 Å². The number of halogens is 2. The molecule has 0 saturated carbocycles. The van der Waals surface area contributed by atoms with E-state index in [4.69, 9.17) is 0 Å². The number of rotatable bonds is 1. The number of aliphatic hydroxyl groups excluding tert-OH is 1. The van der Waals surface area contributed by atoms with Gasteiger partial charge in [-0.3, -0.25) is 4.79 Å². The van der Waals surface area contributed by atoms with Gasteiger partial charge in [0.2, 0.25) is 0 Å². The summed E-state index contributed by atoms with van der Waals surface area (Å²) < 4.78 is 26.3. The normalized spacial score (nSPS) is 22.5. The Morgan fingerprint density at radius 2 is 2.13 bits per heavy atom. The van der Waals surface area contributed by atoms with Gasteiger partial charge in [0, 0.05) is 12.0 Å². The molecular formula is C10H8F2O3. The van der Waals surface area contributed by atoms with E-state index >= 15 is 0 Å². The maximum Gasteiger partial charge on any atom is 0.281 e. The SMILES string of the molecule is O=Cc1c(O)ccc2c1C(O)C(F)(F)C2. The number of alkyl halides is 2. The standard InChI is InChI=1S/C10H8F2O3/c11-10(12)3-5-1-2-7(14)6(4-13)8(5)9(10)15/h1-2,4,9,14-15H,3H2. The molecule has 0 aromatic heterocycles. The topological polar surface area (TPSA) is 57.5 Å². The first-order chi connectivity index (χ1) is 6.97. The van der Waals surface area contributed by atoms with Crippen molar-refractivity contribution in [1.29, 1.82) is 0 Å². The van der Waals surface area contributed by atoms with E-state index in [0.717, 1.165) is 0 Å². The molecule has 0 radical (unpaired) electrons. The van der Waals surface area contributed by atoms with Crippen LogP contribution in [0.1, 0.15) is 27.6 Å². The van der Waals surface area contributed by atoms with Gasteiger partial charge in [-0.15, -0.1) is 0 Å². The number of carbonyl (C=O) groups is 1. The van der Waals surface area contributed by atoms with Crippen molar-refractivity contribution in [3.8, 4) is 5.75 Å². The molecule has 2 N–H and O–H groups in total. The van der Waals surface area contributed by atoms with Crippen LogP contribution in [0.5, 0.6) is 5.75 Å². The van der Waals surface area contributed by atoms with Crippen molar-refractivity contribution in [3.63, 3.8) is 0 Å². The molecule has 0 saturated heterocycles. The zero-order chi connectivity index (χ0) is 11.2. The predicted molar refractivity (Wildman–Crippen MR) is 47.1 cm³/mol. The van der Waals surface area contributed by atoms with Gasteiger partial charge in [0.25, 0.3) is 5.92 Å². The Balaban J connectivity index is 2.66. The number of benzene rings is 1. The molecule has 2 rings (SSSR count). The van der Waals surface area contributed by atoms with Crippen molar-refractivity contribution in [1.82, 2.24) is 0 Å². The summed E-state index contributed by atoms with van der Waals surface area (Å²) in [6.07, 6.45) is -2.34. The number of aliphatic hydroxyl groups is 1. The first kappa shape index (κ1) is 10.0. The summed E-state index contributed by atoms with van der Waals surface area (Å²) in [5.74, 6) is -3.66. The van der Waals surface area contributed by atoms with Crippen molar-refractivity contribution >= 4 is 6.29 Å². The molecule has 15 heavy (non-hydrogen) atoms. The van der Waals surface area contributed by atoms with Crippen molar-refractivity contribution < 1.29 is 23.8 Å². The number of hydrogen-bond acceptors (Lipinski definition) is 3. The Morgan fingerprint density at radius 3 is 2.73 bits per heavy atom. The molecule has 0 amide bonds. The van der Waals surface area contributed by atoms with Crippen LogP contribution in [0, 0.1) is 0 Å². The highest BCUT2D eigenvalue weighted by atomic mass is 19.3. The number of phenols is 1. The lowest BCUT2D eigenvalue weighted by Crippen LogP contribution is -2.21. The minimum absolute atomic E-state index is 0.157. The zero-order valence-corrected chi connectivity index (χ0v) is 7.58. The Kier molecular flexibility index (Phi) is 2.01. The largest absolute Gasteiger partial charge is 0.507 e. The van der Waals surface area contributed by atoms with E-state index in [1.54, 1.807) is 0 Å². The van der Waals surface area contributed by atoms with Crippen LogP contribution in [-0.2, 0) is 6.42 Å². The third-order valence-electron chi connectivity index (χ3n) is 2.57. The summed E-state index contributed by atoms with van der Waals surface area (Å²) in [6.45, 7) is 0. The van der Waals surface area contributed by atoms with Crippen molar-refractivity contribution in [2.75, 3.05) is 0 Å². The molecule has 0 spiro atoms. The molecule has 80 valence electrons. The number of aldehydes is 1. The van der Waals surface area contributed by atoms with Gasteiger partial charge in [-0.2, -0.15) is 0 Å². The maximum atomic E-state index is 13.1. The summed E-state index contributed by atoms with van der Waals surface area (Å²) in [7, 11) is 0. The second-order valence-electron chi connectivity index (χ2n) is 3.53. The molecule has 1 unspecified atom stereocenters. The first-order valence-corrected chi connectivity index (χ1v) is 4.33. The molecule has 0 bridgehead atoms. The van der Waals surface area contributed by atoms with Crippen LogP contribution in [0.15, 0.2) is 12.1 Å². The Labute approximate surface area is 84.0 Å². The van der Waals surface area contributed by atoms with Crippen LogP contribution in [0.25, 0.3) is 0 Å². The van der Waals surface area contributed by atoms with E-state index < -0.39 is 18.4 Å². The highest BCUT2D eigenvalue weighted by molar-refractivity contribution is 5.83. The molecular weight excluding hydrogens is 206 g/mol.